The van der Waals surface area contributed by atoms with Crippen LogP contribution in [0.4, 0.5) is 0 Å². The van der Waals surface area contributed by atoms with Crippen molar-refractivity contribution < 1.29 is 14.1 Å². The molecule has 0 unspecified atom stereocenters. The number of aryl methyl sites for hydroxylation is 2. The van der Waals surface area contributed by atoms with Gasteiger partial charge in [0.1, 0.15) is 6.04 Å². The predicted molar refractivity (Wildman–Crippen MR) is 105 cm³/mol. The second-order valence-electron chi connectivity index (χ2n) is 7.86. The van der Waals surface area contributed by atoms with Crippen molar-refractivity contribution in [2.75, 3.05) is 13.1 Å². The van der Waals surface area contributed by atoms with Crippen LogP contribution in [-0.4, -0.2) is 46.0 Å². The maximum absolute atomic E-state index is 13.2. The summed E-state index contributed by atoms with van der Waals surface area (Å²) in [4.78, 5) is 31.9. The molecule has 28 heavy (non-hydrogen) atoms. The van der Waals surface area contributed by atoms with E-state index in [0.29, 0.717) is 30.4 Å². The third kappa shape index (κ3) is 4.58. The molecule has 2 heterocycles. The summed E-state index contributed by atoms with van der Waals surface area (Å²) in [6, 6.07) is 6.77. The van der Waals surface area contributed by atoms with Gasteiger partial charge < -0.3 is 14.7 Å². The van der Waals surface area contributed by atoms with Gasteiger partial charge in [0.2, 0.25) is 11.8 Å². The van der Waals surface area contributed by atoms with Crippen LogP contribution < -0.4 is 5.32 Å². The molecular formula is C21H28N4O3. The summed E-state index contributed by atoms with van der Waals surface area (Å²) >= 11 is 0. The maximum atomic E-state index is 13.2. The number of hydrogen-bond donors (Lipinski definition) is 1. The van der Waals surface area contributed by atoms with Gasteiger partial charge in [0.05, 0.1) is 5.92 Å². The average Bonchev–Trinajstić information content (AvgIpc) is 3.12. The Morgan fingerprint density at radius 1 is 1.21 bits per heavy atom. The van der Waals surface area contributed by atoms with E-state index in [1.54, 1.807) is 19.1 Å². The first kappa shape index (κ1) is 20.0. The van der Waals surface area contributed by atoms with E-state index in [4.69, 9.17) is 4.52 Å². The third-order valence-electron chi connectivity index (χ3n) is 5.16. The van der Waals surface area contributed by atoms with Crippen molar-refractivity contribution in [1.82, 2.24) is 20.4 Å². The summed E-state index contributed by atoms with van der Waals surface area (Å²) in [5.74, 6) is 0.917. The Labute approximate surface area is 165 Å². The number of carbonyl (C=O) groups is 2. The molecule has 0 aliphatic carbocycles. The number of rotatable bonds is 5. The van der Waals surface area contributed by atoms with E-state index in [9.17, 15) is 9.59 Å². The molecule has 0 radical (unpaired) electrons. The lowest BCUT2D eigenvalue weighted by Crippen LogP contribution is -2.53. The third-order valence-corrected chi connectivity index (χ3v) is 5.16. The lowest BCUT2D eigenvalue weighted by Gasteiger charge is -2.35. The van der Waals surface area contributed by atoms with E-state index in [1.807, 2.05) is 37.8 Å². The number of amides is 2. The largest absolute Gasteiger partial charge is 0.340 e. The molecule has 1 fully saturated rings. The molecule has 0 saturated carbocycles. The van der Waals surface area contributed by atoms with E-state index in [0.717, 1.165) is 18.4 Å². The Kier molecular flexibility index (Phi) is 6.11. The zero-order valence-corrected chi connectivity index (χ0v) is 16.9. The number of carbonyl (C=O) groups excluding carboxylic acids is 2. The molecule has 1 N–H and O–H groups in total. The molecule has 1 aromatic carbocycles. The molecule has 3 rings (SSSR count). The zero-order valence-electron chi connectivity index (χ0n) is 16.9. The van der Waals surface area contributed by atoms with Gasteiger partial charge in [-0.25, -0.2) is 0 Å². The van der Waals surface area contributed by atoms with Crippen LogP contribution >= 0.6 is 0 Å². The Morgan fingerprint density at radius 2 is 1.93 bits per heavy atom. The molecule has 2 aromatic rings. The van der Waals surface area contributed by atoms with Gasteiger partial charge in [0.25, 0.3) is 5.91 Å². The first-order valence-electron chi connectivity index (χ1n) is 9.81. The number of aromatic nitrogens is 2. The van der Waals surface area contributed by atoms with Gasteiger partial charge in [0, 0.05) is 18.7 Å². The minimum atomic E-state index is -0.572. The number of benzene rings is 1. The van der Waals surface area contributed by atoms with E-state index in [-0.39, 0.29) is 23.7 Å². The summed E-state index contributed by atoms with van der Waals surface area (Å²) in [7, 11) is 0. The van der Waals surface area contributed by atoms with E-state index in [2.05, 4.69) is 15.5 Å². The SMILES string of the molecule is Cc1ccc(C(=O)N[C@H](C(=O)N2CCC[C@@H](c3nc(C)no3)C2)C(C)C)cc1. The van der Waals surface area contributed by atoms with Gasteiger partial charge >= 0.3 is 0 Å². The fourth-order valence-electron chi connectivity index (χ4n) is 3.50. The van der Waals surface area contributed by atoms with Gasteiger partial charge in [0.15, 0.2) is 5.82 Å². The lowest BCUT2D eigenvalue weighted by atomic mass is 9.95. The van der Waals surface area contributed by atoms with Gasteiger partial charge in [-0.3, -0.25) is 9.59 Å². The maximum Gasteiger partial charge on any atom is 0.251 e. The Hall–Kier alpha value is -2.70. The Bertz CT molecular complexity index is 828. The molecule has 1 aliphatic heterocycles. The van der Waals surface area contributed by atoms with Gasteiger partial charge in [-0.1, -0.05) is 36.7 Å². The first-order chi connectivity index (χ1) is 13.3. The summed E-state index contributed by atoms with van der Waals surface area (Å²) in [5.41, 5.74) is 1.64. The molecule has 2 atom stereocenters. The summed E-state index contributed by atoms with van der Waals surface area (Å²) in [5, 5.41) is 6.78. The van der Waals surface area contributed by atoms with E-state index in [1.165, 1.54) is 0 Å². The fraction of sp³-hybridized carbons (Fsp3) is 0.524. The fourth-order valence-corrected chi connectivity index (χ4v) is 3.50. The number of hydrogen-bond acceptors (Lipinski definition) is 5. The minimum absolute atomic E-state index is 0.0204. The van der Waals surface area contributed by atoms with Crippen LogP contribution in [0.2, 0.25) is 0 Å². The lowest BCUT2D eigenvalue weighted by molar-refractivity contribution is -0.135. The second kappa shape index (κ2) is 8.54. The molecule has 0 bridgehead atoms. The molecule has 0 spiro atoms. The standard InChI is InChI=1S/C21H28N4O3/c1-13(2)18(23-19(26)16-9-7-14(3)8-10-16)21(27)25-11-5-6-17(12-25)20-22-15(4)24-28-20/h7-10,13,17-18H,5-6,11-12H2,1-4H3,(H,23,26)/t17-,18+/m1/s1. The molecule has 1 aliphatic rings. The zero-order chi connectivity index (χ0) is 20.3. The number of piperidine rings is 1. The normalized spacial score (nSPS) is 18.2. The molecular weight excluding hydrogens is 356 g/mol. The van der Waals surface area contributed by atoms with Crippen LogP contribution in [0.1, 0.15) is 60.2 Å². The topological polar surface area (TPSA) is 88.3 Å². The first-order valence-corrected chi connectivity index (χ1v) is 9.81. The highest BCUT2D eigenvalue weighted by Crippen LogP contribution is 2.26. The monoisotopic (exact) mass is 384 g/mol. The number of nitrogens with one attached hydrogen (secondary N) is 1. The quantitative estimate of drug-likeness (QED) is 0.856. The van der Waals surface area contributed by atoms with Crippen LogP contribution in [0.25, 0.3) is 0 Å². The van der Waals surface area contributed by atoms with Gasteiger partial charge in [-0.05, 0) is 44.7 Å². The number of nitrogens with zero attached hydrogens (tertiary/aromatic N) is 3. The summed E-state index contributed by atoms with van der Waals surface area (Å²) in [6.07, 6.45) is 1.78. The summed E-state index contributed by atoms with van der Waals surface area (Å²) < 4.78 is 5.30. The molecule has 1 saturated heterocycles. The van der Waals surface area contributed by atoms with Crippen LogP contribution in [0.15, 0.2) is 28.8 Å². The van der Waals surface area contributed by atoms with Crippen molar-refractivity contribution in [3.8, 4) is 0 Å². The Morgan fingerprint density at radius 3 is 2.54 bits per heavy atom. The smallest absolute Gasteiger partial charge is 0.251 e. The average molecular weight is 384 g/mol. The molecule has 7 nitrogen and oxygen atoms in total. The van der Waals surface area contributed by atoms with Crippen molar-refractivity contribution in [3.63, 3.8) is 0 Å². The second-order valence-corrected chi connectivity index (χ2v) is 7.86. The highest BCUT2D eigenvalue weighted by molar-refractivity contribution is 5.97. The van der Waals surface area contributed by atoms with E-state index >= 15 is 0 Å². The van der Waals surface area contributed by atoms with Crippen molar-refractivity contribution in [2.24, 2.45) is 5.92 Å². The van der Waals surface area contributed by atoms with Crippen LogP contribution in [0.5, 0.6) is 0 Å². The van der Waals surface area contributed by atoms with Crippen LogP contribution in [0, 0.1) is 19.8 Å². The van der Waals surface area contributed by atoms with E-state index < -0.39 is 6.04 Å². The summed E-state index contributed by atoms with van der Waals surface area (Å²) in [6.45, 7) is 8.85. The Balaban J connectivity index is 1.69. The molecule has 2 amide bonds. The molecule has 7 heteroatoms. The van der Waals surface area contributed by atoms with Gasteiger partial charge in [-0.15, -0.1) is 0 Å². The van der Waals surface area contributed by atoms with Crippen LogP contribution in [0.3, 0.4) is 0 Å². The predicted octanol–water partition coefficient (Wildman–Crippen LogP) is 2.85. The van der Waals surface area contributed by atoms with Crippen molar-refractivity contribution in [2.45, 2.75) is 52.5 Å². The van der Waals surface area contributed by atoms with Crippen LogP contribution in [-0.2, 0) is 4.79 Å². The van der Waals surface area contributed by atoms with Gasteiger partial charge in [-0.2, -0.15) is 4.98 Å². The van der Waals surface area contributed by atoms with Crippen molar-refractivity contribution in [1.29, 1.82) is 0 Å². The molecule has 1 aromatic heterocycles. The molecule has 150 valence electrons. The highest BCUT2D eigenvalue weighted by Gasteiger charge is 2.33. The van der Waals surface area contributed by atoms with Crippen molar-refractivity contribution >= 4 is 11.8 Å². The van der Waals surface area contributed by atoms with Crippen molar-refractivity contribution in [3.05, 3.63) is 47.1 Å². The number of likely N-dealkylation sites (tertiary alicyclic amines) is 1. The highest BCUT2D eigenvalue weighted by atomic mass is 16.5. The minimum Gasteiger partial charge on any atom is -0.340 e.